The summed E-state index contributed by atoms with van der Waals surface area (Å²) in [6.45, 7) is 0. The standard InChI is InChI=1S/C8H3ClFNO3/c9-7(12)3-1-2-4(10)5-6(3)14-8(13)11-5/h1-2H,(H,11,13). The maximum atomic E-state index is 13.1. The third kappa shape index (κ3) is 1.22. The number of carbonyl (C=O) groups is 1. The van der Waals surface area contributed by atoms with Crippen molar-refractivity contribution in [2.75, 3.05) is 0 Å². The summed E-state index contributed by atoms with van der Waals surface area (Å²) >= 11 is 5.21. The quantitative estimate of drug-likeness (QED) is 0.736. The van der Waals surface area contributed by atoms with Gasteiger partial charge in [-0.1, -0.05) is 0 Å². The number of aromatic nitrogens is 1. The van der Waals surface area contributed by atoms with Crippen LogP contribution in [0.25, 0.3) is 11.1 Å². The highest BCUT2D eigenvalue weighted by molar-refractivity contribution is 6.68. The van der Waals surface area contributed by atoms with E-state index in [0.29, 0.717) is 0 Å². The van der Waals surface area contributed by atoms with Gasteiger partial charge in [0.25, 0.3) is 5.24 Å². The van der Waals surface area contributed by atoms with E-state index in [1.54, 1.807) is 0 Å². The van der Waals surface area contributed by atoms with E-state index in [1.165, 1.54) is 0 Å². The van der Waals surface area contributed by atoms with Crippen LogP contribution in [-0.4, -0.2) is 10.2 Å². The van der Waals surface area contributed by atoms with Crippen molar-refractivity contribution in [1.29, 1.82) is 0 Å². The zero-order chi connectivity index (χ0) is 10.3. The predicted molar refractivity (Wildman–Crippen MR) is 47.0 cm³/mol. The minimum Gasteiger partial charge on any atom is -0.407 e. The SMILES string of the molecule is O=C(Cl)c1ccc(F)c2[nH]c(=O)oc12. The molecule has 1 aromatic heterocycles. The number of fused-ring (bicyclic) bond motifs is 1. The third-order valence-corrected chi connectivity index (χ3v) is 1.94. The molecule has 4 nitrogen and oxygen atoms in total. The number of nitrogens with one attached hydrogen (secondary N) is 1. The Labute approximate surface area is 81.3 Å². The van der Waals surface area contributed by atoms with Crippen LogP contribution in [0.3, 0.4) is 0 Å². The summed E-state index contributed by atoms with van der Waals surface area (Å²) in [5, 5.41) is -0.808. The molecule has 14 heavy (non-hydrogen) atoms. The molecule has 0 unspecified atom stereocenters. The van der Waals surface area contributed by atoms with Crippen molar-refractivity contribution in [1.82, 2.24) is 4.98 Å². The highest BCUT2D eigenvalue weighted by Crippen LogP contribution is 2.20. The van der Waals surface area contributed by atoms with Crippen LogP contribution in [-0.2, 0) is 0 Å². The smallest absolute Gasteiger partial charge is 0.407 e. The van der Waals surface area contributed by atoms with E-state index in [9.17, 15) is 14.0 Å². The van der Waals surface area contributed by atoms with E-state index in [-0.39, 0.29) is 16.7 Å². The van der Waals surface area contributed by atoms with Crippen molar-refractivity contribution in [2.45, 2.75) is 0 Å². The Morgan fingerprint density at radius 3 is 2.86 bits per heavy atom. The lowest BCUT2D eigenvalue weighted by molar-refractivity contribution is 0.108. The van der Waals surface area contributed by atoms with Crippen LogP contribution in [0.2, 0.25) is 0 Å². The number of rotatable bonds is 1. The Kier molecular flexibility index (Phi) is 1.89. The fourth-order valence-electron chi connectivity index (χ4n) is 1.16. The number of oxazole rings is 1. The number of H-pyrrole nitrogens is 1. The molecule has 1 heterocycles. The second kappa shape index (κ2) is 2.95. The average Bonchev–Trinajstić information content (AvgIpc) is 2.47. The fraction of sp³-hybridized carbons (Fsp3) is 0. The Morgan fingerprint density at radius 2 is 2.21 bits per heavy atom. The van der Waals surface area contributed by atoms with Crippen molar-refractivity contribution in [3.05, 3.63) is 34.1 Å². The fourth-order valence-corrected chi connectivity index (χ4v) is 1.30. The number of halogens is 2. The molecule has 0 atom stereocenters. The molecule has 2 aromatic rings. The minimum atomic E-state index is -0.829. The lowest BCUT2D eigenvalue weighted by Gasteiger charge is -1.94. The van der Waals surface area contributed by atoms with Crippen molar-refractivity contribution in [3.8, 4) is 0 Å². The summed E-state index contributed by atoms with van der Waals surface area (Å²) in [5.74, 6) is -1.50. The molecule has 0 saturated heterocycles. The predicted octanol–water partition coefficient (Wildman–Crippen LogP) is 1.64. The number of hydrogen-bond acceptors (Lipinski definition) is 3. The van der Waals surface area contributed by atoms with Crippen LogP contribution in [0.5, 0.6) is 0 Å². The molecule has 0 bridgehead atoms. The monoisotopic (exact) mass is 215 g/mol. The highest BCUT2D eigenvalue weighted by Gasteiger charge is 2.15. The lowest BCUT2D eigenvalue weighted by Crippen LogP contribution is -1.93. The zero-order valence-electron chi connectivity index (χ0n) is 6.64. The summed E-state index contributed by atoms with van der Waals surface area (Å²) in [5.41, 5.74) is -0.349. The topological polar surface area (TPSA) is 63.1 Å². The van der Waals surface area contributed by atoms with E-state index in [0.717, 1.165) is 12.1 Å². The summed E-state index contributed by atoms with van der Waals surface area (Å²) in [6.07, 6.45) is 0. The molecule has 0 amide bonds. The first-order valence-electron chi connectivity index (χ1n) is 3.61. The first kappa shape index (κ1) is 8.96. The van der Waals surface area contributed by atoms with Gasteiger partial charge < -0.3 is 4.42 Å². The van der Waals surface area contributed by atoms with Gasteiger partial charge in [0.1, 0.15) is 5.52 Å². The summed E-state index contributed by atoms with van der Waals surface area (Å²) in [4.78, 5) is 23.7. The number of aromatic amines is 1. The van der Waals surface area contributed by atoms with Crippen molar-refractivity contribution in [2.24, 2.45) is 0 Å². The van der Waals surface area contributed by atoms with Crippen molar-refractivity contribution >= 4 is 27.9 Å². The first-order chi connectivity index (χ1) is 6.59. The molecule has 0 radical (unpaired) electrons. The van der Waals surface area contributed by atoms with Crippen LogP contribution < -0.4 is 5.76 Å². The van der Waals surface area contributed by atoms with Crippen LogP contribution in [0.1, 0.15) is 10.4 Å². The molecule has 0 aliphatic carbocycles. The maximum absolute atomic E-state index is 13.1. The van der Waals surface area contributed by atoms with Crippen molar-refractivity contribution in [3.63, 3.8) is 0 Å². The molecule has 2 rings (SSSR count). The zero-order valence-corrected chi connectivity index (χ0v) is 7.39. The van der Waals surface area contributed by atoms with Gasteiger partial charge in [-0.3, -0.25) is 9.78 Å². The van der Waals surface area contributed by atoms with Crippen LogP contribution in [0, 0.1) is 5.82 Å². The summed E-state index contributed by atoms with van der Waals surface area (Å²) < 4.78 is 17.6. The molecule has 6 heteroatoms. The summed E-state index contributed by atoms with van der Waals surface area (Å²) in [6, 6.07) is 2.19. The van der Waals surface area contributed by atoms with Gasteiger partial charge in [0.05, 0.1) is 5.56 Å². The van der Waals surface area contributed by atoms with Crippen molar-refractivity contribution < 1.29 is 13.6 Å². The lowest BCUT2D eigenvalue weighted by atomic mass is 10.2. The normalized spacial score (nSPS) is 10.7. The molecule has 0 spiro atoms. The Balaban J connectivity index is 2.94. The van der Waals surface area contributed by atoms with E-state index in [4.69, 9.17) is 11.6 Å². The highest BCUT2D eigenvalue weighted by atomic mass is 35.5. The Hall–Kier alpha value is -1.62. The van der Waals surface area contributed by atoms with Gasteiger partial charge in [0.2, 0.25) is 0 Å². The van der Waals surface area contributed by atoms with Gasteiger partial charge in [0.15, 0.2) is 11.4 Å². The second-order valence-electron chi connectivity index (χ2n) is 2.59. The Bertz CT molecular complexity index is 571. The third-order valence-electron chi connectivity index (χ3n) is 1.74. The molecule has 1 aromatic carbocycles. The molecule has 0 saturated carbocycles. The van der Waals surface area contributed by atoms with Gasteiger partial charge in [0, 0.05) is 0 Å². The number of benzene rings is 1. The van der Waals surface area contributed by atoms with Gasteiger partial charge in [-0.2, -0.15) is 0 Å². The molecular formula is C8H3ClFNO3. The molecular weight excluding hydrogens is 213 g/mol. The number of hydrogen-bond donors (Lipinski definition) is 1. The van der Waals surface area contributed by atoms with E-state index in [2.05, 4.69) is 9.40 Å². The minimum absolute atomic E-state index is 0.0404. The number of carbonyl (C=O) groups excluding carboxylic acids is 1. The molecule has 0 fully saturated rings. The van der Waals surface area contributed by atoms with E-state index < -0.39 is 16.8 Å². The van der Waals surface area contributed by atoms with Gasteiger partial charge in [-0.05, 0) is 23.7 Å². The van der Waals surface area contributed by atoms with E-state index in [1.807, 2.05) is 0 Å². The maximum Gasteiger partial charge on any atom is 0.417 e. The van der Waals surface area contributed by atoms with Crippen LogP contribution in [0.4, 0.5) is 4.39 Å². The summed E-state index contributed by atoms with van der Waals surface area (Å²) in [7, 11) is 0. The molecule has 0 aliphatic rings. The van der Waals surface area contributed by atoms with Gasteiger partial charge in [-0.25, -0.2) is 9.18 Å². The molecule has 0 aliphatic heterocycles. The van der Waals surface area contributed by atoms with E-state index >= 15 is 0 Å². The van der Waals surface area contributed by atoms with Gasteiger partial charge >= 0.3 is 5.76 Å². The molecule has 72 valence electrons. The Morgan fingerprint density at radius 1 is 1.50 bits per heavy atom. The average molecular weight is 216 g/mol. The second-order valence-corrected chi connectivity index (χ2v) is 2.93. The van der Waals surface area contributed by atoms with Crippen LogP contribution >= 0.6 is 11.6 Å². The molecule has 1 N–H and O–H groups in total. The van der Waals surface area contributed by atoms with Gasteiger partial charge in [-0.15, -0.1) is 0 Å². The first-order valence-corrected chi connectivity index (χ1v) is 3.98. The van der Waals surface area contributed by atoms with Crippen LogP contribution in [0.15, 0.2) is 21.3 Å². The largest absolute Gasteiger partial charge is 0.417 e.